The van der Waals surface area contributed by atoms with E-state index in [1.165, 1.54) is 0 Å². The van der Waals surface area contributed by atoms with Gasteiger partial charge in [0, 0.05) is 17.4 Å². The summed E-state index contributed by atoms with van der Waals surface area (Å²) in [6.07, 6.45) is 0. The van der Waals surface area contributed by atoms with Gasteiger partial charge in [0.25, 0.3) is 0 Å². The smallest absolute Gasteiger partial charge is 0.129 e. The molecule has 2 rings (SSSR count). The Morgan fingerprint density at radius 3 is 2.88 bits per heavy atom. The number of ether oxygens (including phenoxy) is 2. The fourth-order valence-electron chi connectivity index (χ4n) is 1.53. The first-order chi connectivity index (χ1) is 8.24. The highest BCUT2D eigenvalue weighted by atomic mass is 32.1. The molecular formula is C12H15NO3S. The number of hydrogen-bond acceptors (Lipinski definition) is 5. The van der Waals surface area contributed by atoms with E-state index in [4.69, 9.17) is 19.6 Å². The molecule has 1 atom stereocenters. The third-order valence-electron chi connectivity index (χ3n) is 2.41. The van der Waals surface area contributed by atoms with Crippen LogP contribution in [0.1, 0.15) is 22.4 Å². The zero-order valence-corrected chi connectivity index (χ0v) is 10.6. The van der Waals surface area contributed by atoms with Gasteiger partial charge in [-0.2, -0.15) is 0 Å². The standard InChI is InChI=1S/C12H15NO3S/c1-14-6-8-3-4-10(16-8)12(13)11-5-9(15-2)7-17-11/h3-5,7,12H,6,13H2,1-2H3. The summed E-state index contributed by atoms with van der Waals surface area (Å²) in [4.78, 5) is 1.01. The lowest BCUT2D eigenvalue weighted by molar-refractivity contribution is 0.162. The molecule has 0 amide bonds. The molecule has 2 aromatic rings. The third-order valence-corrected chi connectivity index (χ3v) is 3.41. The quantitative estimate of drug-likeness (QED) is 0.889. The number of thiophene rings is 1. The van der Waals surface area contributed by atoms with E-state index in [9.17, 15) is 0 Å². The van der Waals surface area contributed by atoms with Gasteiger partial charge in [-0.1, -0.05) is 0 Å². The van der Waals surface area contributed by atoms with Gasteiger partial charge in [-0.25, -0.2) is 0 Å². The molecule has 0 aliphatic heterocycles. The Morgan fingerprint density at radius 1 is 1.41 bits per heavy atom. The molecule has 0 aliphatic rings. The Labute approximate surface area is 104 Å². The number of hydrogen-bond donors (Lipinski definition) is 1. The summed E-state index contributed by atoms with van der Waals surface area (Å²) in [5.74, 6) is 2.34. The van der Waals surface area contributed by atoms with Crippen LogP contribution in [0.2, 0.25) is 0 Å². The van der Waals surface area contributed by atoms with Crippen LogP contribution in [0, 0.1) is 0 Å². The second-order valence-electron chi connectivity index (χ2n) is 3.60. The first kappa shape index (κ1) is 12.2. The summed E-state index contributed by atoms with van der Waals surface area (Å²) in [5, 5.41) is 1.92. The molecule has 4 nitrogen and oxygen atoms in total. The maximum absolute atomic E-state index is 6.11. The van der Waals surface area contributed by atoms with Gasteiger partial charge in [0.15, 0.2) is 0 Å². The summed E-state index contributed by atoms with van der Waals surface area (Å²) < 4.78 is 15.7. The van der Waals surface area contributed by atoms with Crippen LogP contribution >= 0.6 is 11.3 Å². The van der Waals surface area contributed by atoms with Crippen molar-refractivity contribution in [2.24, 2.45) is 5.73 Å². The molecule has 0 radical (unpaired) electrons. The van der Waals surface area contributed by atoms with Gasteiger partial charge in [0.05, 0.1) is 13.2 Å². The lowest BCUT2D eigenvalue weighted by atomic mass is 10.2. The SMILES string of the molecule is COCc1ccc(C(N)c2cc(OC)cs2)o1. The van der Waals surface area contributed by atoms with Gasteiger partial charge in [-0.05, 0) is 18.2 Å². The van der Waals surface area contributed by atoms with Crippen molar-refractivity contribution >= 4 is 11.3 Å². The fraction of sp³-hybridized carbons (Fsp3) is 0.333. The lowest BCUT2D eigenvalue weighted by Crippen LogP contribution is -2.08. The van der Waals surface area contributed by atoms with Crippen LogP contribution in [0.4, 0.5) is 0 Å². The Balaban J connectivity index is 2.14. The molecule has 5 heteroatoms. The number of furan rings is 1. The monoisotopic (exact) mass is 253 g/mol. The fourth-order valence-corrected chi connectivity index (χ4v) is 2.39. The van der Waals surface area contributed by atoms with E-state index in [2.05, 4.69) is 0 Å². The maximum Gasteiger partial charge on any atom is 0.129 e. The highest BCUT2D eigenvalue weighted by Gasteiger charge is 2.15. The molecule has 0 saturated carbocycles. The van der Waals surface area contributed by atoms with Crippen LogP contribution in [0.5, 0.6) is 5.75 Å². The lowest BCUT2D eigenvalue weighted by Gasteiger charge is -2.05. The Bertz CT molecular complexity index is 478. The summed E-state index contributed by atoms with van der Waals surface area (Å²) >= 11 is 1.56. The number of nitrogens with two attached hydrogens (primary N) is 1. The molecule has 0 aliphatic carbocycles. The van der Waals surface area contributed by atoms with Gasteiger partial charge in [0.1, 0.15) is 23.9 Å². The average Bonchev–Trinajstić information content (AvgIpc) is 2.97. The molecule has 0 saturated heterocycles. The Kier molecular flexibility index (Phi) is 3.83. The molecule has 92 valence electrons. The molecule has 0 bridgehead atoms. The van der Waals surface area contributed by atoms with Crippen LogP contribution in [0.25, 0.3) is 0 Å². The van der Waals surface area contributed by atoms with Crippen molar-refractivity contribution < 1.29 is 13.9 Å². The Hall–Kier alpha value is -1.30. The third kappa shape index (κ3) is 2.69. The van der Waals surface area contributed by atoms with E-state index >= 15 is 0 Å². The largest absolute Gasteiger partial charge is 0.496 e. The van der Waals surface area contributed by atoms with Crippen LogP contribution < -0.4 is 10.5 Å². The highest BCUT2D eigenvalue weighted by molar-refractivity contribution is 7.10. The van der Waals surface area contributed by atoms with Crippen LogP contribution in [0.3, 0.4) is 0 Å². The zero-order valence-electron chi connectivity index (χ0n) is 9.80. The minimum atomic E-state index is -0.255. The van der Waals surface area contributed by atoms with Crippen molar-refractivity contribution in [3.8, 4) is 5.75 Å². The highest BCUT2D eigenvalue weighted by Crippen LogP contribution is 2.30. The second-order valence-corrected chi connectivity index (χ2v) is 4.55. The first-order valence-corrected chi connectivity index (χ1v) is 6.08. The topological polar surface area (TPSA) is 57.6 Å². The normalized spacial score (nSPS) is 12.6. The number of methoxy groups -OCH3 is 2. The summed E-state index contributed by atoms with van der Waals surface area (Å²) in [7, 11) is 3.27. The van der Waals surface area contributed by atoms with Crippen molar-refractivity contribution in [1.29, 1.82) is 0 Å². The molecule has 2 heterocycles. The van der Waals surface area contributed by atoms with Crippen LogP contribution in [0.15, 0.2) is 28.0 Å². The maximum atomic E-state index is 6.11. The van der Waals surface area contributed by atoms with E-state index in [-0.39, 0.29) is 6.04 Å². The molecule has 2 N–H and O–H groups in total. The van der Waals surface area contributed by atoms with Gasteiger partial charge < -0.3 is 19.6 Å². The number of rotatable bonds is 5. The van der Waals surface area contributed by atoms with Gasteiger partial charge in [0.2, 0.25) is 0 Å². The van der Waals surface area contributed by atoms with E-state index in [1.54, 1.807) is 25.6 Å². The minimum absolute atomic E-state index is 0.255. The predicted molar refractivity (Wildman–Crippen MR) is 66.3 cm³/mol. The molecule has 17 heavy (non-hydrogen) atoms. The van der Waals surface area contributed by atoms with Crippen LogP contribution in [-0.2, 0) is 11.3 Å². The van der Waals surface area contributed by atoms with Crippen molar-refractivity contribution in [2.45, 2.75) is 12.6 Å². The second kappa shape index (κ2) is 5.35. The summed E-state index contributed by atoms with van der Waals surface area (Å²) in [6.45, 7) is 0.459. The van der Waals surface area contributed by atoms with Crippen molar-refractivity contribution in [1.82, 2.24) is 0 Å². The summed E-state index contributed by atoms with van der Waals surface area (Å²) in [5.41, 5.74) is 6.11. The molecule has 0 spiro atoms. The minimum Gasteiger partial charge on any atom is -0.496 e. The first-order valence-electron chi connectivity index (χ1n) is 5.20. The van der Waals surface area contributed by atoms with Crippen LogP contribution in [-0.4, -0.2) is 14.2 Å². The van der Waals surface area contributed by atoms with E-state index in [1.807, 2.05) is 23.6 Å². The summed E-state index contributed by atoms with van der Waals surface area (Å²) in [6, 6.07) is 5.43. The van der Waals surface area contributed by atoms with Gasteiger partial charge in [-0.3, -0.25) is 0 Å². The van der Waals surface area contributed by atoms with Gasteiger partial charge in [-0.15, -0.1) is 11.3 Å². The van der Waals surface area contributed by atoms with E-state index in [0.717, 1.165) is 22.1 Å². The molecule has 0 aromatic carbocycles. The van der Waals surface area contributed by atoms with Crippen molar-refractivity contribution in [3.05, 3.63) is 40.0 Å². The molecule has 2 aromatic heterocycles. The van der Waals surface area contributed by atoms with E-state index < -0.39 is 0 Å². The molecular weight excluding hydrogens is 238 g/mol. The average molecular weight is 253 g/mol. The predicted octanol–water partition coefficient (Wildman–Crippen LogP) is 2.54. The zero-order chi connectivity index (χ0) is 12.3. The van der Waals surface area contributed by atoms with Crippen molar-refractivity contribution in [2.75, 3.05) is 14.2 Å². The molecule has 0 fully saturated rings. The molecule has 1 unspecified atom stereocenters. The van der Waals surface area contributed by atoms with Gasteiger partial charge >= 0.3 is 0 Å². The van der Waals surface area contributed by atoms with E-state index in [0.29, 0.717) is 6.61 Å². The Morgan fingerprint density at radius 2 is 2.24 bits per heavy atom. The van der Waals surface area contributed by atoms with Crippen molar-refractivity contribution in [3.63, 3.8) is 0 Å².